The van der Waals surface area contributed by atoms with E-state index in [1.54, 1.807) is 30.3 Å². The lowest BCUT2D eigenvalue weighted by Gasteiger charge is -2.19. The fourth-order valence-electron chi connectivity index (χ4n) is 3.85. The summed E-state index contributed by atoms with van der Waals surface area (Å²) in [6.07, 6.45) is 1.80. The topological polar surface area (TPSA) is 35.5 Å². The summed E-state index contributed by atoms with van der Waals surface area (Å²) in [4.78, 5) is 0. The normalized spacial score (nSPS) is 11.5. The van der Waals surface area contributed by atoms with E-state index in [0.29, 0.717) is 11.5 Å². The molecule has 0 N–H and O–H groups in total. The van der Waals surface area contributed by atoms with E-state index in [0.717, 1.165) is 5.56 Å². The summed E-state index contributed by atoms with van der Waals surface area (Å²) in [7, 11) is -4.32. The molecule has 0 spiro atoms. The van der Waals surface area contributed by atoms with Crippen molar-refractivity contribution in [2.45, 2.75) is 0 Å². The van der Waals surface area contributed by atoms with Crippen molar-refractivity contribution in [2.75, 3.05) is 0 Å². The van der Waals surface area contributed by atoms with Gasteiger partial charge in [-0.3, -0.25) is 0 Å². The highest BCUT2D eigenvalue weighted by Gasteiger charge is 2.24. The molecule has 0 bridgehead atoms. The molecule has 37 heavy (non-hydrogen) atoms. The van der Waals surface area contributed by atoms with Gasteiger partial charge in [0.25, 0.3) is 0 Å². The maximum Gasteiger partial charge on any atom is 0.455 e. The molecule has 0 saturated carbocycles. The summed E-state index contributed by atoms with van der Waals surface area (Å²) < 4.78 is 25.5. The SMILES string of the molecule is O=P(/C=C/c1ccc(P(c2ccccc2)c2ccccc2)cc1)(Oc1ccccc1)Oc1ccccc1. The molecule has 0 atom stereocenters. The molecule has 3 nitrogen and oxygen atoms in total. The van der Waals surface area contributed by atoms with Crippen LogP contribution in [0.5, 0.6) is 11.5 Å². The highest BCUT2D eigenvalue weighted by atomic mass is 31.2. The smallest absolute Gasteiger partial charge is 0.413 e. The van der Waals surface area contributed by atoms with E-state index in [-0.39, 0.29) is 0 Å². The van der Waals surface area contributed by atoms with Gasteiger partial charge in [0.05, 0.1) is 5.82 Å². The van der Waals surface area contributed by atoms with Crippen LogP contribution in [0.1, 0.15) is 5.56 Å². The first-order valence-corrected chi connectivity index (χ1v) is 14.9. The molecular weight excluding hydrogens is 494 g/mol. The van der Waals surface area contributed by atoms with Gasteiger partial charge < -0.3 is 9.05 Å². The number of benzene rings is 5. The molecule has 0 fully saturated rings. The monoisotopic (exact) mass is 520 g/mol. The van der Waals surface area contributed by atoms with Gasteiger partial charge in [-0.15, -0.1) is 0 Å². The van der Waals surface area contributed by atoms with Crippen molar-refractivity contribution in [2.24, 2.45) is 0 Å². The first-order valence-electron chi connectivity index (χ1n) is 12.0. The molecule has 0 unspecified atom stereocenters. The van der Waals surface area contributed by atoms with Gasteiger partial charge in [-0.1, -0.05) is 121 Å². The average molecular weight is 521 g/mol. The predicted octanol–water partition coefficient (Wildman–Crippen LogP) is 7.77. The molecular formula is C32H26O3P2. The summed E-state index contributed by atoms with van der Waals surface area (Å²) in [5.41, 5.74) is 0.911. The molecule has 0 saturated heterocycles. The Hall–Kier alpha value is -3.90. The third-order valence-electron chi connectivity index (χ3n) is 5.58. The second kappa shape index (κ2) is 11.9. The highest BCUT2D eigenvalue weighted by molar-refractivity contribution is 7.79. The number of hydrogen-bond donors (Lipinski definition) is 0. The number of rotatable bonds is 9. The van der Waals surface area contributed by atoms with Crippen molar-refractivity contribution >= 4 is 37.5 Å². The van der Waals surface area contributed by atoms with Gasteiger partial charge >= 0.3 is 7.60 Å². The van der Waals surface area contributed by atoms with Crippen LogP contribution < -0.4 is 25.0 Å². The first kappa shape index (κ1) is 24.8. The quantitative estimate of drug-likeness (QED) is 0.186. The first-order chi connectivity index (χ1) is 18.2. The van der Waals surface area contributed by atoms with Crippen molar-refractivity contribution in [1.82, 2.24) is 0 Å². The number of hydrogen-bond acceptors (Lipinski definition) is 3. The van der Waals surface area contributed by atoms with Gasteiger partial charge in [-0.25, -0.2) is 4.57 Å². The summed E-state index contributed by atoms with van der Waals surface area (Å²) in [5, 5.41) is 3.84. The Bertz CT molecular complexity index is 1390. The fourth-order valence-corrected chi connectivity index (χ4v) is 7.48. The van der Waals surface area contributed by atoms with Crippen molar-refractivity contribution in [1.29, 1.82) is 0 Å². The van der Waals surface area contributed by atoms with Crippen LogP contribution >= 0.6 is 15.5 Å². The molecule has 0 radical (unpaired) electrons. The molecule has 5 aromatic carbocycles. The highest BCUT2D eigenvalue weighted by Crippen LogP contribution is 2.50. The second-order valence-corrected chi connectivity index (χ2v) is 12.2. The summed E-state index contributed by atoms with van der Waals surface area (Å²) in [6.45, 7) is 0. The van der Waals surface area contributed by atoms with Crippen LogP contribution in [0, 0.1) is 0 Å². The Morgan fingerprint density at radius 1 is 0.486 bits per heavy atom. The molecule has 5 aromatic rings. The molecule has 182 valence electrons. The van der Waals surface area contributed by atoms with E-state index in [9.17, 15) is 4.57 Å². The minimum atomic E-state index is -3.63. The van der Waals surface area contributed by atoms with Crippen LogP contribution in [-0.2, 0) is 4.57 Å². The number of para-hydroxylation sites is 2. The Morgan fingerprint density at radius 3 is 1.30 bits per heavy atom. The van der Waals surface area contributed by atoms with Gasteiger partial charge in [0.1, 0.15) is 11.5 Å². The Kier molecular flexibility index (Phi) is 7.96. The summed E-state index contributed by atoms with van der Waals surface area (Å²) in [5.74, 6) is 2.50. The Morgan fingerprint density at radius 2 is 0.865 bits per heavy atom. The van der Waals surface area contributed by atoms with E-state index in [2.05, 4.69) is 60.7 Å². The molecule has 0 aliphatic heterocycles. The molecule has 0 aliphatic rings. The van der Waals surface area contributed by atoms with Crippen molar-refractivity contribution in [3.63, 3.8) is 0 Å². The third kappa shape index (κ3) is 6.66. The van der Waals surface area contributed by atoms with Gasteiger partial charge in [0, 0.05) is 0 Å². The van der Waals surface area contributed by atoms with Gasteiger partial charge in [-0.2, -0.15) is 0 Å². The van der Waals surface area contributed by atoms with Gasteiger partial charge in [0.15, 0.2) is 0 Å². The maximum atomic E-state index is 13.7. The van der Waals surface area contributed by atoms with Crippen LogP contribution in [0.25, 0.3) is 6.08 Å². The predicted molar refractivity (Wildman–Crippen MR) is 156 cm³/mol. The Balaban J connectivity index is 1.42. The molecule has 5 rings (SSSR count). The third-order valence-corrected chi connectivity index (χ3v) is 9.47. The van der Waals surface area contributed by atoms with Gasteiger partial charge in [-0.05, 0) is 59.7 Å². The van der Waals surface area contributed by atoms with Crippen molar-refractivity contribution < 1.29 is 13.6 Å². The minimum Gasteiger partial charge on any atom is -0.413 e. The lowest BCUT2D eigenvalue weighted by molar-refractivity contribution is 0.398. The van der Waals surface area contributed by atoms with Crippen molar-refractivity contribution in [3.05, 3.63) is 157 Å². The summed E-state index contributed by atoms with van der Waals surface area (Å²) in [6, 6.07) is 47.7. The standard InChI is InChI=1S/C32H26O3P2/c33-37(34-28-13-5-1-6-14-28,35-29-15-7-2-8-16-29)26-25-27-21-23-32(24-22-27)36(30-17-9-3-10-18-30)31-19-11-4-12-20-31/h1-26H/b26-25+. The zero-order chi connectivity index (χ0) is 25.3. The largest absolute Gasteiger partial charge is 0.455 e. The van der Waals surface area contributed by atoms with Crippen LogP contribution in [0.2, 0.25) is 0 Å². The van der Waals surface area contributed by atoms with E-state index < -0.39 is 15.5 Å². The maximum absolute atomic E-state index is 13.7. The average Bonchev–Trinajstić information content (AvgIpc) is 2.95. The molecule has 0 heterocycles. The fraction of sp³-hybridized carbons (Fsp3) is 0. The molecule has 0 amide bonds. The zero-order valence-electron chi connectivity index (χ0n) is 20.1. The summed E-state index contributed by atoms with van der Waals surface area (Å²) >= 11 is 0. The van der Waals surface area contributed by atoms with E-state index >= 15 is 0 Å². The molecule has 0 aromatic heterocycles. The van der Waals surface area contributed by atoms with Crippen LogP contribution in [0.4, 0.5) is 0 Å². The van der Waals surface area contributed by atoms with E-state index in [1.807, 2.05) is 60.7 Å². The van der Waals surface area contributed by atoms with Crippen LogP contribution in [-0.4, -0.2) is 0 Å². The lowest BCUT2D eigenvalue weighted by Crippen LogP contribution is -2.20. The van der Waals surface area contributed by atoms with Crippen molar-refractivity contribution in [3.8, 4) is 11.5 Å². The molecule has 5 heteroatoms. The molecule has 0 aliphatic carbocycles. The van der Waals surface area contributed by atoms with Gasteiger partial charge in [0.2, 0.25) is 0 Å². The minimum absolute atomic E-state index is 0.484. The lowest BCUT2D eigenvalue weighted by atomic mass is 10.2. The Labute approximate surface area is 219 Å². The second-order valence-electron chi connectivity index (χ2n) is 8.26. The zero-order valence-corrected chi connectivity index (χ0v) is 21.9. The van der Waals surface area contributed by atoms with Crippen LogP contribution in [0.3, 0.4) is 0 Å². The van der Waals surface area contributed by atoms with E-state index in [1.165, 1.54) is 21.7 Å². The van der Waals surface area contributed by atoms with Crippen LogP contribution in [0.15, 0.2) is 151 Å². The van der Waals surface area contributed by atoms with E-state index in [4.69, 9.17) is 9.05 Å².